The fourth-order valence-corrected chi connectivity index (χ4v) is 3.63. The lowest BCUT2D eigenvalue weighted by atomic mass is 10.0. The van der Waals surface area contributed by atoms with Crippen LogP contribution in [0.4, 0.5) is 5.69 Å². The lowest BCUT2D eigenvalue weighted by molar-refractivity contribution is -0.139. The molecule has 0 saturated carbocycles. The number of thiocarbonyl (C=S) groups is 1. The molecule has 3 rings (SSSR count). The first-order valence-corrected chi connectivity index (χ1v) is 10.3. The molecule has 1 fully saturated rings. The fourth-order valence-electron chi connectivity index (χ4n) is 3.35. The van der Waals surface area contributed by atoms with E-state index in [4.69, 9.17) is 26.8 Å². The summed E-state index contributed by atoms with van der Waals surface area (Å²) >= 11 is 5.24. The van der Waals surface area contributed by atoms with Gasteiger partial charge in [0.05, 0.1) is 12.8 Å². The number of methoxy groups -OCH3 is 1. The van der Waals surface area contributed by atoms with Crippen LogP contribution < -0.4 is 19.7 Å². The molecular formula is C24H22N2O6S. The molecule has 0 bridgehead atoms. The number of carboxylic acids is 1. The summed E-state index contributed by atoms with van der Waals surface area (Å²) in [5.41, 5.74) is 2.43. The fraction of sp³-hybridized carbons (Fsp3) is 0.167. The molecule has 2 N–H and O–H groups in total. The molecule has 0 unspecified atom stereocenters. The van der Waals surface area contributed by atoms with Gasteiger partial charge in [-0.25, -0.2) is 4.79 Å². The quantitative estimate of drug-likeness (QED) is 0.267. The third kappa shape index (κ3) is 5.27. The van der Waals surface area contributed by atoms with E-state index in [2.05, 4.69) is 11.9 Å². The summed E-state index contributed by atoms with van der Waals surface area (Å²) in [5, 5.41) is 11.5. The van der Waals surface area contributed by atoms with Gasteiger partial charge in [-0.3, -0.25) is 19.8 Å². The molecule has 0 radical (unpaired) electrons. The molecule has 8 nitrogen and oxygen atoms in total. The Morgan fingerprint density at radius 1 is 1.27 bits per heavy atom. The number of amides is 2. The molecule has 1 saturated heterocycles. The predicted octanol–water partition coefficient (Wildman–Crippen LogP) is 3.03. The molecule has 0 spiro atoms. The van der Waals surface area contributed by atoms with E-state index in [0.717, 1.165) is 5.56 Å². The van der Waals surface area contributed by atoms with E-state index in [1.807, 2.05) is 13.0 Å². The molecule has 1 aliphatic rings. The first-order valence-electron chi connectivity index (χ1n) is 9.89. The largest absolute Gasteiger partial charge is 0.493 e. The van der Waals surface area contributed by atoms with Crippen molar-refractivity contribution in [1.29, 1.82) is 0 Å². The minimum Gasteiger partial charge on any atom is -0.493 e. The van der Waals surface area contributed by atoms with E-state index < -0.39 is 24.4 Å². The Morgan fingerprint density at radius 2 is 2.03 bits per heavy atom. The molecule has 9 heteroatoms. The molecule has 0 aromatic heterocycles. The number of hydrogen-bond donors (Lipinski definition) is 2. The maximum absolute atomic E-state index is 13.2. The van der Waals surface area contributed by atoms with Gasteiger partial charge in [-0.15, -0.1) is 6.58 Å². The Balaban J connectivity index is 2.06. The lowest BCUT2D eigenvalue weighted by Gasteiger charge is -2.29. The molecule has 170 valence electrons. The molecular weight excluding hydrogens is 444 g/mol. The van der Waals surface area contributed by atoms with Crippen LogP contribution in [0.3, 0.4) is 0 Å². The van der Waals surface area contributed by atoms with Crippen LogP contribution in [-0.4, -0.2) is 41.7 Å². The van der Waals surface area contributed by atoms with Gasteiger partial charge < -0.3 is 14.6 Å². The Kier molecular flexibility index (Phi) is 7.24. The number of carbonyl (C=O) groups is 3. The zero-order valence-electron chi connectivity index (χ0n) is 18.1. The zero-order chi connectivity index (χ0) is 24.1. The first kappa shape index (κ1) is 23.7. The first-order chi connectivity index (χ1) is 15.7. The van der Waals surface area contributed by atoms with Crippen molar-refractivity contribution in [3.63, 3.8) is 0 Å². The van der Waals surface area contributed by atoms with Gasteiger partial charge in [0.1, 0.15) is 5.57 Å². The van der Waals surface area contributed by atoms with Gasteiger partial charge >= 0.3 is 5.97 Å². The number of ether oxygens (including phenoxy) is 2. The molecule has 1 heterocycles. The highest BCUT2D eigenvalue weighted by Crippen LogP contribution is 2.35. The van der Waals surface area contributed by atoms with E-state index in [0.29, 0.717) is 23.2 Å². The summed E-state index contributed by atoms with van der Waals surface area (Å²) < 4.78 is 10.8. The number of carbonyl (C=O) groups excluding carboxylic acids is 2. The predicted molar refractivity (Wildman–Crippen MR) is 127 cm³/mol. The number of hydrogen-bond acceptors (Lipinski definition) is 6. The maximum atomic E-state index is 13.2. The van der Waals surface area contributed by atoms with Crippen LogP contribution in [0.15, 0.2) is 54.6 Å². The number of nitrogens with one attached hydrogen (secondary N) is 1. The highest BCUT2D eigenvalue weighted by atomic mass is 32.1. The second kappa shape index (κ2) is 10.1. The van der Waals surface area contributed by atoms with Crippen molar-refractivity contribution in [2.75, 3.05) is 18.6 Å². The SMILES string of the molecule is C=CCc1cc(C=C2C(=O)NC(=S)N(c3cccc(C)c3)C2=O)cc(OC)c1OCC(=O)O. The monoisotopic (exact) mass is 466 g/mol. The molecule has 2 aromatic carbocycles. The number of anilines is 1. The lowest BCUT2D eigenvalue weighted by Crippen LogP contribution is -2.54. The number of aryl methyl sites for hydroxylation is 1. The Labute approximate surface area is 196 Å². The Hall–Kier alpha value is -3.98. The zero-order valence-corrected chi connectivity index (χ0v) is 18.9. The van der Waals surface area contributed by atoms with Crippen LogP contribution >= 0.6 is 12.2 Å². The van der Waals surface area contributed by atoms with Crippen LogP contribution in [0.1, 0.15) is 16.7 Å². The third-order valence-electron chi connectivity index (χ3n) is 4.75. The van der Waals surface area contributed by atoms with E-state index in [9.17, 15) is 14.4 Å². The Morgan fingerprint density at radius 3 is 2.67 bits per heavy atom. The van der Waals surface area contributed by atoms with Crippen molar-refractivity contribution in [3.8, 4) is 11.5 Å². The summed E-state index contributed by atoms with van der Waals surface area (Å²) in [6.07, 6.45) is 3.40. The number of carboxylic acid groups (broad SMARTS) is 1. The van der Waals surface area contributed by atoms with E-state index >= 15 is 0 Å². The van der Waals surface area contributed by atoms with Crippen LogP contribution in [0.2, 0.25) is 0 Å². The van der Waals surface area contributed by atoms with Crippen LogP contribution in [0, 0.1) is 6.92 Å². The van der Waals surface area contributed by atoms with Crippen LogP contribution in [-0.2, 0) is 20.8 Å². The summed E-state index contributed by atoms with van der Waals surface area (Å²) in [6.45, 7) is 5.04. The number of nitrogens with zero attached hydrogens (tertiary/aromatic N) is 1. The van der Waals surface area contributed by atoms with E-state index in [1.54, 1.807) is 36.4 Å². The number of allylic oxidation sites excluding steroid dienone is 1. The maximum Gasteiger partial charge on any atom is 0.341 e. The van der Waals surface area contributed by atoms with E-state index in [-0.39, 0.29) is 22.2 Å². The normalized spacial score (nSPS) is 14.8. The molecule has 0 atom stereocenters. The topological polar surface area (TPSA) is 105 Å². The summed E-state index contributed by atoms with van der Waals surface area (Å²) in [4.78, 5) is 38.1. The number of benzene rings is 2. The van der Waals surface area contributed by atoms with Crippen molar-refractivity contribution in [2.24, 2.45) is 0 Å². The van der Waals surface area contributed by atoms with Crippen molar-refractivity contribution >= 4 is 46.9 Å². The van der Waals surface area contributed by atoms with Gasteiger partial charge in [-0.1, -0.05) is 18.2 Å². The third-order valence-corrected chi connectivity index (χ3v) is 5.04. The standard InChI is InChI=1S/C24H22N2O6S/c1-4-6-16-10-15(12-19(31-3)21(16)32-13-20(27)28)11-18-22(29)25-24(33)26(23(18)30)17-8-5-7-14(2)9-17/h4-5,7-12H,1,6,13H2,2-3H3,(H,27,28)(H,25,29,33). The van der Waals surface area contributed by atoms with Crippen molar-refractivity contribution in [1.82, 2.24) is 5.32 Å². The summed E-state index contributed by atoms with van der Waals surface area (Å²) in [6, 6.07) is 10.4. The second-order valence-electron chi connectivity index (χ2n) is 7.18. The van der Waals surface area contributed by atoms with Crippen molar-refractivity contribution in [2.45, 2.75) is 13.3 Å². The molecule has 2 amide bonds. The summed E-state index contributed by atoms with van der Waals surface area (Å²) in [7, 11) is 1.41. The van der Waals surface area contributed by atoms with Crippen LogP contribution in [0.5, 0.6) is 11.5 Å². The van der Waals surface area contributed by atoms with Gasteiger partial charge in [0, 0.05) is 5.56 Å². The molecule has 2 aromatic rings. The highest BCUT2D eigenvalue weighted by Gasteiger charge is 2.34. The van der Waals surface area contributed by atoms with Crippen molar-refractivity contribution < 1.29 is 29.0 Å². The van der Waals surface area contributed by atoms with Gasteiger partial charge in [0.15, 0.2) is 23.2 Å². The highest BCUT2D eigenvalue weighted by molar-refractivity contribution is 7.80. The minimum absolute atomic E-state index is 0.00454. The minimum atomic E-state index is -1.13. The average Bonchev–Trinajstić information content (AvgIpc) is 2.75. The van der Waals surface area contributed by atoms with Gasteiger partial charge in [-0.2, -0.15) is 0 Å². The molecule has 1 aliphatic heterocycles. The summed E-state index contributed by atoms with van der Waals surface area (Å²) in [5.74, 6) is -1.81. The second-order valence-corrected chi connectivity index (χ2v) is 7.57. The van der Waals surface area contributed by atoms with Gasteiger partial charge in [-0.05, 0) is 67.0 Å². The van der Waals surface area contributed by atoms with E-state index in [1.165, 1.54) is 18.1 Å². The van der Waals surface area contributed by atoms with Gasteiger partial charge in [0.2, 0.25) is 0 Å². The van der Waals surface area contributed by atoms with Crippen molar-refractivity contribution in [3.05, 3.63) is 71.3 Å². The number of aliphatic carboxylic acids is 1. The molecule has 0 aliphatic carbocycles. The number of rotatable bonds is 8. The smallest absolute Gasteiger partial charge is 0.341 e. The molecule has 33 heavy (non-hydrogen) atoms. The van der Waals surface area contributed by atoms with Gasteiger partial charge in [0.25, 0.3) is 11.8 Å². The van der Waals surface area contributed by atoms with Crippen LogP contribution in [0.25, 0.3) is 6.08 Å². The average molecular weight is 467 g/mol. The Bertz CT molecular complexity index is 1190.